The van der Waals surface area contributed by atoms with Crippen LogP contribution < -0.4 is 10.1 Å². The lowest BCUT2D eigenvalue weighted by molar-refractivity contribution is -0.113. The Morgan fingerprint density at radius 2 is 1.86 bits per heavy atom. The predicted octanol–water partition coefficient (Wildman–Crippen LogP) is 6.04. The van der Waals surface area contributed by atoms with E-state index in [9.17, 15) is 9.90 Å². The fourth-order valence-electron chi connectivity index (χ4n) is 4.09. The molecule has 0 aliphatic carbocycles. The Hall–Kier alpha value is -3.46. The van der Waals surface area contributed by atoms with Gasteiger partial charge in [0.15, 0.2) is 11.6 Å². The van der Waals surface area contributed by atoms with Crippen molar-refractivity contribution in [3.05, 3.63) is 87.2 Å². The molecule has 5 rings (SSSR count). The Morgan fingerprint density at radius 1 is 1.08 bits per heavy atom. The lowest BCUT2D eigenvalue weighted by Crippen LogP contribution is -2.16. The van der Waals surface area contributed by atoms with Crippen LogP contribution in [0.25, 0.3) is 11.4 Å². The highest BCUT2D eigenvalue weighted by molar-refractivity contribution is 8.00. The molecule has 1 aliphatic rings. The summed E-state index contributed by atoms with van der Waals surface area (Å²) in [4.78, 5) is 26.7. The summed E-state index contributed by atoms with van der Waals surface area (Å²) in [5, 5.41) is 14.1. The number of hydrogen-bond donors (Lipinski definition) is 2. The molecular formula is C28H25ClN4O3S. The third-order valence-corrected chi connectivity index (χ3v) is 7.56. The number of aromatic nitrogens is 3. The van der Waals surface area contributed by atoms with Gasteiger partial charge in [0, 0.05) is 40.0 Å². The first-order valence-electron chi connectivity index (χ1n) is 11.7. The van der Waals surface area contributed by atoms with Crippen LogP contribution in [0.1, 0.15) is 33.5 Å². The average molecular weight is 533 g/mol. The summed E-state index contributed by atoms with van der Waals surface area (Å²) in [6.07, 6.45) is 2.13. The number of aryl methyl sites for hydroxylation is 3. The van der Waals surface area contributed by atoms with Gasteiger partial charge in [-0.15, -0.1) is 0 Å². The highest BCUT2D eigenvalue weighted by atomic mass is 35.5. The van der Waals surface area contributed by atoms with Crippen LogP contribution in [-0.2, 0) is 17.8 Å². The van der Waals surface area contributed by atoms with Crippen LogP contribution >= 0.6 is 23.4 Å². The second-order valence-electron chi connectivity index (χ2n) is 8.89. The number of aliphatic hydroxyl groups is 1. The van der Waals surface area contributed by atoms with Gasteiger partial charge in [-0.2, -0.15) is 4.98 Å². The van der Waals surface area contributed by atoms with Crippen molar-refractivity contribution < 1.29 is 14.6 Å². The zero-order valence-corrected chi connectivity index (χ0v) is 22.2. The molecule has 4 aromatic rings. The number of amides is 1. The number of anilines is 1. The van der Waals surface area contributed by atoms with Crippen molar-refractivity contribution in [3.8, 4) is 23.0 Å². The fourth-order valence-corrected chi connectivity index (χ4v) is 5.04. The topological polar surface area (TPSA) is 97.2 Å². The molecule has 0 spiro atoms. The van der Waals surface area contributed by atoms with Crippen molar-refractivity contribution in [1.29, 1.82) is 0 Å². The van der Waals surface area contributed by atoms with Crippen LogP contribution in [-0.4, -0.2) is 31.7 Å². The summed E-state index contributed by atoms with van der Waals surface area (Å²) < 4.78 is 6.24. The quantitative estimate of drug-likeness (QED) is 0.203. The van der Waals surface area contributed by atoms with Crippen LogP contribution in [0.2, 0.25) is 5.02 Å². The molecule has 188 valence electrons. The Kier molecular flexibility index (Phi) is 7.15. The highest BCUT2D eigenvalue weighted by Crippen LogP contribution is 2.42. The molecule has 2 aromatic heterocycles. The van der Waals surface area contributed by atoms with Crippen LogP contribution in [0.15, 0.2) is 53.7 Å². The molecule has 37 heavy (non-hydrogen) atoms. The number of hydrogen-bond acceptors (Lipinski definition) is 7. The van der Waals surface area contributed by atoms with Crippen LogP contribution in [0.3, 0.4) is 0 Å². The maximum Gasteiger partial charge on any atom is 0.234 e. The average Bonchev–Trinajstić information content (AvgIpc) is 2.89. The lowest BCUT2D eigenvalue weighted by atomic mass is 9.99. The second-order valence-corrected chi connectivity index (χ2v) is 10.3. The Bertz CT molecular complexity index is 1510. The number of pyridine rings is 1. The largest absolute Gasteiger partial charge is 0.436 e. The number of halogens is 1. The molecule has 0 unspecified atom stereocenters. The number of carbonyl (C=O) groups excluding carboxylic acids is 1. The number of nitrogens with one attached hydrogen (secondary N) is 1. The van der Waals surface area contributed by atoms with E-state index in [4.69, 9.17) is 26.3 Å². The minimum Gasteiger partial charge on any atom is -0.436 e. The number of rotatable bonds is 6. The second kappa shape index (κ2) is 10.5. The summed E-state index contributed by atoms with van der Waals surface area (Å²) in [6, 6.07) is 13.1. The van der Waals surface area contributed by atoms with E-state index in [0.717, 1.165) is 27.9 Å². The molecule has 9 heteroatoms. The molecule has 1 amide bonds. The first kappa shape index (κ1) is 25.2. The van der Waals surface area contributed by atoms with Gasteiger partial charge in [-0.3, -0.25) is 9.78 Å². The van der Waals surface area contributed by atoms with E-state index in [2.05, 4.69) is 10.3 Å². The summed E-state index contributed by atoms with van der Waals surface area (Å²) in [5.74, 6) is 1.51. The Labute approximate surface area is 224 Å². The predicted molar refractivity (Wildman–Crippen MR) is 146 cm³/mol. The molecule has 0 saturated heterocycles. The van der Waals surface area contributed by atoms with Crippen molar-refractivity contribution in [2.24, 2.45) is 0 Å². The molecule has 3 heterocycles. The molecule has 0 radical (unpaired) electrons. The maximum atomic E-state index is 12.8. The molecule has 0 atom stereocenters. The number of thioether (sulfide) groups is 1. The van der Waals surface area contributed by atoms with E-state index in [1.54, 1.807) is 18.3 Å². The van der Waals surface area contributed by atoms with Gasteiger partial charge in [0.1, 0.15) is 5.03 Å². The summed E-state index contributed by atoms with van der Waals surface area (Å²) in [5.41, 5.74) is 6.85. The van der Waals surface area contributed by atoms with Gasteiger partial charge in [0.05, 0.1) is 23.6 Å². The summed E-state index contributed by atoms with van der Waals surface area (Å²) in [6.45, 7) is 5.76. The highest BCUT2D eigenvalue weighted by Gasteiger charge is 2.28. The van der Waals surface area contributed by atoms with Gasteiger partial charge in [-0.25, -0.2) is 4.98 Å². The van der Waals surface area contributed by atoms with Gasteiger partial charge in [-0.05, 0) is 68.3 Å². The number of benzene rings is 2. The zero-order valence-electron chi connectivity index (χ0n) is 20.6. The normalized spacial score (nSPS) is 11.9. The SMILES string of the molecule is Cc1ccc(NC(=O)CSc2nc(-c3ccc(Cl)cc3)nc3c2Cc2c(CO)cnc(C)c2O3)cc1C. The van der Waals surface area contributed by atoms with E-state index in [0.29, 0.717) is 45.2 Å². The lowest BCUT2D eigenvalue weighted by Gasteiger charge is -2.24. The molecular weight excluding hydrogens is 508 g/mol. The van der Waals surface area contributed by atoms with Crippen LogP contribution in [0, 0.1) is 20.8 Å². The molecule has 1 aliphatic heterocycles. The minimum absolute atomic E-state index is 0.137. The van der Waals surface area contributed by atoms with Crippen molar-refractivity contribution in [2.75, 3.05) is 11.1 Å². The van der Waals surface area contributed by atoms with Gasteiger partial charge in [0.25, 0.3) is 0 Å². The number of nitrogens with zero attached hydrogens (tertiary/aromatic N) is 3. The molecule has 2 N–H and O–H groups in total. The summed E-state index contributed by atoms with van der Waals surface area (Å²) in [7, 11) is 0. The molecule has 0 bridgehead atoms. The molecule has 2 aromatic carbocycles. The van der Waals surface area contributed by atoms with Gasteiger partial charge < -0.3 is 15.2 Å². The number of ether oxygens (including phenoxy) is 1. The molecule has 0 fully saturated rings. The number of aliphatic hydroxyl groups excluding tert-OH is 1. The monoisotopic (exact) mass is 532 g/mol. The Balaban J connectivity index is 1.48. The number of carbonyl (C=O) groups is 1. The Morgan fingerprint density at radius 3 is 2.59 bits per heavy atom. The smallest absolute Gasteiger partial charge is 0.234 e. The van der Waals surface area contributed by atoms with Crippen molar-refractivity contribution >= 4 is 35.0 Å². The minimum atomic E-state index is -0.154. The zero-order chi connectivity index (χ0) is 26.1. The van der Waals surface area contributed by atoms with Crippen molar-refractivity contribution in [1.82, 2.24) is 15.0 Å². The fraction of sp³-hybridized carbons (Fsp3) is 0.214. The van der Waals surface area contributed by atoms with Crippen molar-refractivity contribution in [2.45, 2.75) is 38.8 Å². The van der Waals surface area contributed by atoms with Gasteiger partial charge in [-0.1, -0.05) is 29.4 Å². The van der Waals surface area contributed by atoms with Crippen LogP contribution in [0.4, 0.5) is 5.69 Å². The summed E-state index contributed by atoms with van der Waals surface area (Å²) >= 11 is 7.40. The molecule has 0 saturated carbocycles. The standard InChI is InChI=1S/C28H25ClN4O3S/c1-15-4-9-21(10-16(15)2)31-24(35)14-37-28-23-11-22-19(13-34)12-30-17(3)25(22)36-27(23)32-26(33-28)18-5-7-20(29)8-6-18/h4-10,12,34H,11,13-14H2,1-3H3,(H,31,35). The third-order valence-electron chi connectivity index (χ3n) is 6.29. The van der Waals surface area contributed by atoms with E-state index in [1.807, 2.05) is 51.1 Å². The van der Waals surface area contributed by atoms with Gasteiger partial charge >= 0.3 is 0 Å². The van der Waals surface area contributed by atoms with E-state index >= 15 is 0 Å². The van der Waals surface area contributed by atoms with E-state index in [1.165, 1.54) is 17.3 Å². The first-order valence-corrected chi connectivity index (χ1v) is 13.1. The van der Waals surface area contributed by atoms with Crippen LogP contribution in [0.5, 0.6) is 11.6 Å². The van der Waals surface area contributed by atoms with E-state index < -0.39 is 0 Å². The van der Waals surface area contributed by atoms with Crippen molar-refractivity contribution in [3.63, 3.8) is 0 Å². The van der Waals surface area contributed by atoms with E-state index in [-0.39, 0.29) is 18.3 Å². The molecule has 7 nitrogen and oxygen atoms in total. The van der Waals surface area contributed by atoms with Gasteiger partial charge in [0.2, 0.25) is 11.8 Å². The third kappa shape index (κ3) is 5.32. The maximum absolute atomic E-state index is 12.8. The number of fused-ring (bicyclic) bond motifs is 2. The first-order chi connectivity index (χ1) is 17.8.